The second kappa shape index (κ2) is 4.22. The molecule has 1 aliphatic carbocycles. The molecular weight excluding hydrogens is 220 g/mol. The first kappa shape index (κ1) is 10.9. The molecule has 4 heteroatoms. The summed E-state index contributed by atoms with van der Waals surface area (Å²) < 4.78 is 5.41. The average Bonchev–Trinajstić information content (AvgIpc) is 3.02. The van der Waals surface area contributed by atoms with Gasteiger partial charge in [-0.3, -0.25) is 4.99 Å². The Morgan fingerprint density at radius 3 is 2.81 bits per heavy atom. The molecule has 2 aliphatic heterocycles. The van der Waals surface area contributed by atoms with Crippen LogP contribution in [0, 0.1) is 5.92 Å². The van der Waals surface area contributed by atoms with E-state index in [0.29, 0.717) is 0 Å². The first-order valence-corrected chi connectivity index (χ1v) is 7.20. The van der Waals surface area contributed by atoms with E-state index in [2.05, 4.69) is 17.2 Å². The lowest BCUT2D eigenvalue weighted by Gasteiger charge is -2.35. The normalized spacial score (nSPS) is 33.6. The second-order valence-electron chi connectivity index (χ2n) is 5.44. The molecule has 0 amide bonds. The molecular formula is C12H20N2OS. The van der Waals surface area contributed by atoms with E-state index >= 15 is 0 Å². The van der Waals surface area contributed by atoms with E-state index in [1.54, 1.807) is 0 Å². The summed E-state index contributed by atoms with van der Waals surface area (Å²) in [7, 11) is 0. The molecule has 3 aliphatic rings. The molecule has 0 radical (unpaired) electrons. The van der Waals surface area contributed by atoms with Gasteiger partial charge in [-0.05, 0) is 38.5 Å². The van der Waals surface area contributed by atoms with Gasteiger partial charge in [-0.1, -0.05) is 11.8 Å². The Bertz CT molecular complexity index is 295. The van der Waals surface area contributed by atoms with E-state index in [9.17, 15) is 0 Å². The number of amidine groups is 1. The summed E-state index contributed by atoms with van der Waals surface area (Å²) in [5.41, 5.74) is 0.211. The number of hydrogen-bond acceptors (Lipinski definition) is 4. The Labute approximate surface area is 101 Å². The first-order chi connectivity index (χ1) is 7.75. The minimum atomic E-state index is 0.211. The lowest BCUT2D eigenvalue weighted by Crippen LogP contribution is -2.48. The molecule has 1 atom stereocenters. The highest BCUT2D eigenvalue weighted by molar-refractivity contribution is 8.14. The van der Waals surface area contributed by atoms with Gasteiger partial charge in [0.25, 0.3) is 0 Å². The van der Waals surface area contributed by atoms with Crippen LogP contribution in [-0.2, 0) is 4.74 Å². The average molecular weight is 240 g/mol. The fourth-order valence-corrected chi connectivity index (χ4v) is 3.73. The number of thioether (sulfide) groups is 1. The quantitative estimate of drug-likeness (QED) is 0.802. The molecule has 1 unspecified atom stereocenters. The molecule has 3 nitrogen and oxygen atoms in total. The zero-order valence-corrected chi connectivity index (χ0v) is 10.7. The van der Waals surface area contributed by atoms with Crippen molar-refractivity contribution in [2.24, 2.45) is 10.9 Å². The maximum atomic E-state index is 5.41. The van der Waals surface area contributed by atoms with Gasteiger partial charge in [0, 0.05) is 24.0 Å². The lowest BCUT2D eigenvalue weighted by atomic mass is 9.93. The van der Waals surface area contributed by atoms with Crippen LogP contribution in [0.4, 0.5) is 0 Å². The highest BCUT2D eigenvalue weighted by atomic mass is 32.2. The Hall–Kier alpha value is -0.220. The van der Waals surface area contributed by atoms with Gasteiger partial charge < -0.3 is 10.1 Å². The molecule has 1 saturated heterocycles. The Morgan fingerprint density at radius 1 is 1.38 bits per heavy atom. The van der Waals surface area contributed by atoms with Crippen LogP contribution in [0.1, 0.15) is 32.6 Å². The fraction of sp³-hybridized carbons (Fsp3) is 0.917. The predicted molar refractivity (Wildman–Crippen MR) is 68.0 cm³/mol. The number of ether oxygens (including phenoxy) is 1. The van der Waals surface area contributed by atoms with E-state index < -0.39 is 0 Å². The largest absolute Gasteiger partial charge is 0.381 e. The number of nitrogens with one attached hydrogen (secondary N) is 1. The van der Waals surface area contributed by atoms with Gasteiger partial charge in [-0.15, -0.1) is 0 Å². The van der Waals surface area contributed by atoms with Crippen molar-refractivity contribution in [1.29, 1.82) is 0 Å². The van der Waals surface area contributed by atoms with E-state index in [0.717, 1.165) is 43.8 Å². The van der Waals surface area contributed by atoms with Crippen LogP contribution in [0.5, 0.6) is 0 Å². The van der Waals surface area contributed by atoms with Gasteiger partial charge in [0.1, 0.15) is 0 Å². The third-order valence-corrected chi connectivity index (χ3v) is 5.12. The molecule has 90 valence electrons. The van der Waals surface area contributed by atoms with Crippen molar-refractivity contribution < 1.29 is 4.74 Å². The molecule has 1 saturated carbocycles. The summed E-state index contributed by atoms with van der Waals surface area (Å²) in [6, 6.07) is 0. The van der Waals surface area contributed by atoms with E-state index in [1.165, 1.54) is 18.0 Å². The zero-order chi connectivity index (χ0) is 11.0. The monoisotopic (exact) mass is 240 g/mol. The third-order valence-electron chi connectivity index (χ3n) is 3.83. The minimum Gasteiger partial charge on any atom is -0.381 e. The molecule has 16 heavy (non-hydrogen) atoms. The molecule has 2 fully saturated rings. The van der Waals surface area contributed by atoms with Gasteiger partial charge in [-0.2, -0.15) is 0 Å². The highest BCUT2D eigenvalue weighted by Gasteiger charge is 2.37. The summed E-state index contributed by atoms with van der Waals surface area (Å²) in [6.07, 6.45) is 5.04. The number of hydrogen-bond donors (Lipinski definition) is 1. The highest BCUT2D eigenvalue weighted by Crippen LogP contribution is 2.41. The van der Waals surface area contributed by atoms with E-state index in [4.69, 9.17) is 4.74 Å². The maximum Gasteiger partial charge on any atom is 0.157 e. The van der Waals surface area contributed by atoms with Crippen LogP contribution >= 0.6 is 11.8 Å². The fourth-order valence-electron chi connectivity index (χ4n) is 2.38. The predicted octanol–water partition coefficient (Wildman–Crippen LogP) is 2.03. The van der Waals surface area contributed by atoms with Gasteiger partial charge in [0.2, 0.25) is 0 Å². The topological polar surface area (TPSA) is 33.6 Å². The van der Waals surface area contributed by atoms with Crippen molar-refractivity contribution in [3.63, 3.8) is 0 Å². The Balaban J connectivity index is 1.54. The van der Waals surface area contributed by atoms with Crippen molar-refractivity contribution in [1.82, 2.24) is 5.32 Å². The minimum absolute atomic E-state index is 0.211. The van der Waals surface area contributed by atoms with Crippen LogP contribution < -0.4 is 5.32 Å². The standard InChI is InChI=1S/C12H20N2OS/c1-12(4-6-15-7-5-12)14-11-13-8-10(16-11)9-2-3-9/h9-10H,2-8H2,1H3,(H,13,14). The van der Waals surface area contributed by atoms with Gasteiger partial charge >= 0.3 is 0 Å². The smallest absolute Gasteiger partial charge is 0.157 e. The van der Waals surface area contributed by atoms with Gasteiger partial charge in [0.05, 0.1) is 6.54 Å². The van der Waals surface area contributed by atoms with Gasteiger partial charge in [-0.25, -0.2) is 0 Å². The number of rotatable bonds is 2. The Morgan fingerprint density at radius 2 is 2.12 bits per heavy atom. The van der Waals surface area contributed by atoms with E-state index in [1.807, 2.05) is 11.8 Å². The van der Waals surface area contributed by atoms with Gasteiger partial charge in [0.15, 0.2) is 5.17 Å². The van der Waals surface area contributed by atoms with Crippen molar-refractivity contribution >= 4 is 16.9 Å². The van der Waals surface area contributed by atoms with E-state index in [-0.39, 0.29) is 5.54 Å². The number of aliphatic imine (C=N–C) groups is 1. The van der Waals surface area contributed by atoms with Crippen LogP contribution in [0.2, 0.25) is 0 Å². The third kappa shape index (κ3) is 2.38. The number of nitrogens with zero attached hydrogens (tertiary/aromatic N) is 1. The van der Waals surface area contributed by atoms with Crippen LogP contribution in [-0.4, -0.2) is 35.7 Å². The van der Waals surface area contributed by atoms with Crippen molar-refractivity contribution in [2.45, 2.75) is 43.4 Å². The molecule has 0 aromatic carbocycles. The second-order valence-corrected chi connectivity index (χ2v) is 6.67. The van der Waals surface area contributed by atoms with Crippen molar-refractivity contribution in [2.75, 3.05) is 19.8 Å². The first-order valence-electron chi connectivity index (χ1n) is 6.32. The molecule has 1 N–H and O–H groups in total. The summed E-state index contributed by atoms with van der Waals surface area (Å²) in [6.45, 7) is 5.09. The van der Waals surface area contributed by atoms with Crippen LogP contribution in [0.25, 0.3) is 0 Å². The summed E-state index contributed by atoms with van der Waals surface area (Å²) in [5, 5.41) is 5.59. The molecule has 3 rings (SSSR count). The van der Waals surface area contributed by atoms with Crippen molar-refractivity contribution in [3.8, 4) is 0 Å². The van der Waals surface area contributed by atoms with Crippen LogP contribution in [0.3, 0.4) is 0 Å². The van der Waals surface area contributed by atoms with Crippen LogP contribution in [0.15, 0.2) is 4.99 Å². The molecule has 0 spiro atoms. The van der Waals surface area contributed by atoms with Crippen molar-refractivity contribution in [3.05, 3.63) is 0 Å². The SMILES string of the molecule is CC1(NC2=NCC(C3CC3)S2)CCOCC1. The zero-order valence-electron chi connectivity index (χ0n) is 9.87. The lowest BCUT2D eigenvalue weighted by molar-refractivity contribution is 0.0528. The summed E-state index contributed by atoms with van der Waals surface area (Å²) in [4.78, 5) is 4.65. The molecule has 0 bridgehead atoms. The molecule has 0 aromatic heterocycles. The maximum absolute atomic E-state index is 5.41. The molecule has 0 aromatic rings. The molecule has 2 heterocycles. The Kier molecular flexibility index (Phi) is 2.88. The summed E-state index contributed by atoms with van der Waals surface area (Å²) in [5.74, 6) is 0.954. The summed E-state index contributed by atoms with van der Waals surface area (Å²) >= 11 is 1.97.